The largest absolute Gasteiger partial charge is 0.468 e. The zero-order valence-corrected chi connectivity index (χ0v) is 18.6. The molecular weight excluding hydrogens is 415 g/mol. The molecule has 0 aliphatic rings. The van der Waals surface area contributed by atoms with E-state index in [-0.39, 0.29) is 11.9 Å². The van der Waals surface area contributed by atoms with E-state index in [9.17, 15) is 13.2 Å². The highest BCUT2D eigenvalue weighted by Crippen LogP contribution is 2.29. The Morgan fingerprint density at radius 3 is 2.57 bits per heavy atom. The molecule has 0 saturated carbocycles. The Kier molecular flexibility index (Phi) is 8.92. The molecule has 0 fully saturated rings. The number of hydrogen-bond donors (Lipinski definition) is 0. The van der Waals surface area contributed by atoms with Crippen LogP contribution in [-0.4, -0.2) is 34.2 Å². The van der Waals surface area contributed by atoms with Crippen LogP contribution in [-0.2, 0) is 13.0 Å². The van der Waals surface area contributed by atoms with Crippen molar-refractivity contribution in [1.29, 1.82) is 0 Å². The smallest absolute Gasteiger partial charge is 0.422 e. The normalized spacial score (nSPS) is 13.0. The number of hydrogen-bond acceptors (Lipinski definition) is 4. The van der Waals surface area contributed by atoms with Gasteiger partial charge in [-0.1, -0.05) is 31.9 Å². The van der Waals surface area contributed by atoms with Gasteiger partial charge < -0.3 is 4.74 Å². The number of aryl methyl sites for hydroxylation is 2. The molecule has 0 spiro atoms. The summed E-state index contributed by atoms with van der Waals surface area (Å²) in [6.45, 7) is 8.14. The molecule has 1 atom stereocenters. The van der Waals surface area contributed by atoms with Crippen LogP contribution in [0, 0.1) is 6.92 Å². The van der Waals surface area contributed by atoms with Gasteiger partial charge in [0.25, 0.3) is 0 Å². The number of ether oxygens (including phenoxy) is 1. The third-order valence-electron chi connectivity index (χ3n) is 5.10. The monoisotopic (exact) mass is 443 g/mol. The van der Waals surface area contributed by atoms with Crippen LogP contribution < -0.4 is 4.74 Å². The van der Waals surface area contributed by atoms with Gasteiger partial charge in [0.1, 0.15) is 5.15 Å². The molecule has 0 aromatic carbocycles. The molecule has 0 amide bonds. The average molecular weight is 444 g/mol. The van der Waals surface area contributed by atoms with Gasteiger partial charge in [-0.2, -0.15) is 13.2 Å². The number of unbranched alkanes of at least 4 members (excludes halogenated alkanes) is 1. The summed E-state index contributed by atoms with van der Waals surface area (Å²) in [6.07, 6.45) is 1.84. The number of nitrogens with zero attached hydrogens (tertiary/aromatic N) is 3. The molecule has 0 bridgehead atoms. The third-order valence-corrected chi connectivity index (χ3v) is 5.42. The average Bonchev–Trinajstić information content (AvgIpc) is 2.69. The summed E-state index contributed by atoms with van der Waals surface area (Å²) in [5.74, 6) is 0.00644. The molecule has 2 aromatic heterocycles. The van der Waals surface area contributed by atoms with Gasteiger partial charge in [-0.3, -0.25) is 4.90 Å². The Balaban J connectivity index is 2.24. The van der Waals surface area contributed by atoms with E-state index in [4.69, 9.17) is 16.3 Å². The fourth-order valence-corrected chi connectivity index (χ4v) is 3.54. The van der Waals surface area contributed by atoms with E-state index in [0.29, 0.717) is 17.3 Å². The topological polar surface area (TPSA) is 38.2 Å². The van der Waals surface area contributed by atoms with Crippen LogP contribution in [0.25, 0.3) is 0 Å². The minimum absolute atomic E-state index is 0.000366. The van der Waals surface area contributed by atoms with Crippen molar-refractivity contribution < 1.29 is 17.9 Å². The molecule has 8 heteroatoms. The van der Waals surface area contributed by atoms with E-state index in [0.717, 1.165) is 42.5 Å². The molecule has 1 unspecified atom stereocenters. The van der Waals surface area contributed by atoms with Crippen LogP contribution in [0.15, 0.2) is 24.5 Å². The van der Waals surface area contributed by atoms with Gasteiger partial charge in [0.2, 0.25) is 5.88 Å². The lowest BCUT2D eigenvalue weighted by Crippen LogP contribution is -2.29. The molecular formula is C22H29ClF3N3O. The van der Waals surface area contributed by atoms with Crippen molar-refractivity contribution in [2.24, 2.45) is 0 Å². The standard InChI is InChI=1S/C22H29ClF3N3O/c1-5-7-10-29(13-19-17(6-2)8-9-27-20(19)23)16(4)18-11-15(3)21(28-12-18)30-14-22(24,25)26/h8-9,11-12,16H,5-7,10,13-14H2,1-4H3. The summed E-state index contributed by atoms with van der Waals surface area (Å²) in [5.41, 5.74) is 3.67. The number of aromatic nitrogens is 2. The first-order chi connectivity index (χ1) is 14.2. The first-order valence-electron chi connectivity index (χ1n) is 10.2. The predicted octanol–water partition coefficient (Wildman–Crippen LogP) is 6.31. The Morgan fingerprint density at radius 2 is 1.97 bits per heavy atom. The summed E-state index contributed by atoms with van der Waals surface area (Å²) < 4.78 is 42.1. The van der Waals surface area contributed by atoms with Crippen LogP contribution in [0.5, 0.6) is 5.88 Å². The first kappa shape index (κ1) is 24.4. The SMILES string of the molecule is CCCCN(Cc1c(CC)ccnc1Cl)C(C)c1cnc(OCC(F)(F)F)c(C)c1. The lowest BCUT2D eigenvalue weighted by molar-refractivity contribution is -0.154. The van der Waals surface area contributed by atoms with Crippen LogP contribution >= 0.6 is 11.6 Å². The van der Waals surface area contributed by atoms with E-state index in [2.05, 4.69) is 35.6 Å². The highest BCUT2D eigenvalue weighted by Gasteiger charge is 2.29. The van der Waals surface area contributed by atoms with Crippen molar-refractivity contribution in [2.75, 3.05) is 13.2 Å². The second kappa shape index (κ2) is 11.0. The molecule has 0 saturated heterocycles. The molecule has 0 aliphatic carbocycles. The zero-order valence-electron chi connectivity index (χ0n) is 17.9. The minimum atomic E-state index is -4.39. The summed E-state index contributed by atoms with van der Waals surface area (Å²) in [6, 6.07) is 3.83. The Bertz CT molecular complexity index is 830. The summed E-state index contributed by atoms with van der Waals surface area (Å²) in [4.78, 5) is 10.7. The fraction of sp³-hybridized carbons (Fsp3) is 0.545. The van der Waals surface area contributed by atoms with Crippen molar-refractivity contribution in [3.63, 3.8) is 0 Å². The molecule has 166 valence electrons. The van der Waals surface area contributed by atoms with Crippen molar-refractivity contribution in [2.45, 2.75) is 65.7 Å². The quantitative estimate of drug-likeness (QED) is 0.403. The van der Waals surface area contributed by atoms with Crippen molar-refractivity contribution in [1.82, 2.24) is 14.9 Å². The molecule has 0 aliphatic heterocycles. The highest BCUT2D eigenvalue weighted by molar-refractivity contribution is 6.30. The highest BCUT2D eigenvalue weighted by atomic mass is 35.5. The van der Waals surface area contributed by atoms with E-state index < -0.39 is 12.8 Å². The van der Waals surface area contributed by atoms with Crippen molar-refractivity contribution in [3.8, 4) is 5.88 Å². The van der Waals surface area contributed by atoms with Crippen molar-refractivity contribution >= 4 is 11.6 Å². The minimum Gasteiger partial charge on any atom is -0.468 e. The van der Waals surface area contributed by atoms with Crippen molar-refractivity contribution in [3.05, 3.63) is 51.9 Å². The van der Waals surface area contributed by atoms with E-state index in [1.165, 1.54) is 0 Å². The maximum atomic E-state index is 12.4. The summed E-state index contributed by atoms with van der Waals surface area (Å²) in [5, 5.41) is 0.508. The van der Waals surface area contributed by atoms with E-state index in [1.54, 1.807) is 19.3 Å². The molecule has 30 heavy (non-hydrogen) atoms. The van der Waals surface area contributed by atoms with Gasteiger partial charge in [-0.25, -0.2) is 9.97 Å². The molecule has 2 rings (SSSR count). The van der Waals surface area contributed by atoms with Gasteiger partial charge in [-0.15, -0.1) is 0 Å². The Morgan fingerprint density at radius 1 is 1.23 bits per heavy atom. The number of halogens is 4. The molecule has 2 heterocycles. The molecule has 2 aromatic rings. The fourth-order valence-electron chi connectivity index (χ4n) is 3.30. The summed E-state index contributed by atoms with van der Waals surface area (Å²) in [7, 11) is 0. The molecule has 0 N–H and O–H groups in total. The number of pyridine rings is 2. The van der Waals surface area contributed by atoms with Crippen LogP contribution in [0.1, 0.15) is 61.9 Å². The van der Waals surface area contributed by atoms with Gasteiger partial charge in [0.15, 0.2) is 6.61 Å². The van der Waals surface area contributed by atoms with Gasteiger partial charge in [0.05, 0.1) is 0 Å². The number of rotatable bonds is 10. The summed E-state index contributed by atoms with van der Waals surface area (Å²) >= 11 is 6.40. The lowest BCUT2D eigenvalue weighted by atomic mass is 10.0. The van der Waals surface area contributed by atoms with Crippen LogP contribution in [0.3, 0.4) is 0 Å². The Labute approximate surface area is 181 Å². The maximum Gasteiger partial charge on any atom is 0.422 e. The van der Waals surface area contributed by atoms with E-state index >= 15 is 0 Å². The predicted molar refractivity (Wildman–Crippen MR) is 113 cm³/mol. The second-order valence-corrected chi connectivity index (χ2v) is 7.75. The molecule has 4 nitrogen and oxygen atoms in total. The second-order valence-electron chi connectivity index (χ2n) is 7.39. The van der Waals surface area contributed by atoms with Gasteiger partial charge >= 0.3 is 6.18 Å². The van der Waals surface area contributed by atoms with Crippen LogP contribution in [0.2, 0.25) is 5.15 Å². The zero-order chi connectivity index (χ0) is 22.3. The van der Waals surface area contributed by atoms with Gasteiger partial charge in [0, 0.05) is 36.1 Å². The molecule has 0 radical (unpaired) electrons. The number of alkyl halides is 3. The lowest BCUT2D eigenvalue weighted by Gasteiger charge is -2.30. The van der Waals surface area contributed by atoms with Gasteiger partial charge in [-0.05, 0) is 56.5 Å². The third kappa shape index (κ3) is 6.84. The van der Waals surface area contributed by atoms with Crippen LogP contribution in [0.4, 0.5) is 13.2 Å². The first-order valence-corrected chi connectivity index (χ1v) is 10.6. The Hall–Kier alpha value is -1.86. The maximum absolute atomic E-state index is 12.4. The van der Waals surface area contributed by atoms with E-state index in [1.807, 2.05) is 12.1 Å².